The van der Waals surface area contributed by atoms with Crippen molar-refractivity contribution in [2.45, 2.75) is 18.9 Å². The average Bonchev–Trinajstić information content (AvgIpc) is 3.39. The van der Waals surface area contributed by atoms with Gasteiger partial charge in [0.2, 0.25) is 0 Å². The molecular weight excluding hydrogens is 365 g/mol. The molecule has 1 saturated carbocycles. The van der Waals surface area contributed by atoms with Gasteiger partial charge in [-0.25, -0.2) is 9.37 Å². The molecule has 1 aromatic carbocycles. The standard InChI is InChI=1S/C20H16FN3O2S/c1-26-16-5-4-12(10-14(16)21)24-9-7-13-17-15(23-11-2-3-11)6-8-22-19(17)27-18(13)20(24)25/h4-11H,2-3H2,1H3,(H,22,23). The zero-order chi connectivity index (χ0) is 18.5. The lowest BCUT2D eigenvalue weighted by molar-refractivity contribution is 0.386. The number of hydrogen-bond donors (Lipinski definition) is 1. The Morgan fingerprint density at radius 3 is 2.89 bits per heavy atom. The lowest BCUT2D eigenvalue weighted by atomic mass is 10.2. The van der Waals surface area contributed by atoms with Gasteiger partial charge in [0.05, 0.1) is 12.8 Å². The number of aromatic nitrogens is 2. The monoisotopic (exact) mass is 381 g/mol. The first-order valence-electron chi connectivity index (χ1n) is 8.69. The van der Waals surface area contributed by atoms with Gasteiger partial charge in [0.15, 0.2) is 11.6 Å². The van der Waals surface area contributed by atoms with Crippen LogP contribution in [0.1, 0.15) is 12.8 Å². The van der Waals surface area contributed by atoms with E-state index in [0.717, 1.165) is 21.3 Å². The lowest BCUT2D eigenvalue weighted by Gasteiger charge is -2.09. The second-order valence-electron chi connectivity index (χ2n) is 6.61. The quantitative estimate of drug-likeness (QED) is 0.572. The van der Waals surface area contributed by atoms with E-state index in [4.69, 9.17) is 4.74 Å². The number of methoxy groups -OCH3 is 1. The van der Waals surface area contributed by atoms with Crippen molar-refractivity contribution in [1.82, 2.24) is 9.55 Å². The molecule has 0 spiro atoms. The Morgan fingerprint density at radius 2 is 2.15 bits per heavy atom. The minimum atomic E-state index is -0.504. The average molecular weight is 381 g/mol. The second-order valence-corrected chi connectivity index (χ2v) is 7.61. The first kappa shape index (κ1) is 16.3. The molecule has 0 unspecified atom stereocenters. The molecule has 0 aliphatic heterocycles. The second kappa shape index (κ2) is 6.06. The van der Waals surface area contributed by atoms with Crippen molar-refractivity contribution in [3.63, 3.8) is 0 Å². The highest BCUT2D eigenvalue weighted by Crippen LogP contribution is 2.37. The van der Waals surface area contributed by atoms with E-state index in [-0.39, 0.29) is 11.3 Å². The van der Waals surface area contributed by atoms with Crippen LogP contribution in [0.25, 0.3) is 26.0 Å². The Kier molecular flexibility index (Phi) is 3.65. The van der Waals surface area contributed by atoms with Crippen LogP contribution in [-0.2, 0) is 0 Å². The summed E-state index contributed by atoms with van der Waals surface area (Å²) < 4.78 is 21.1. The highest BCUT2D eigenvalue weighted by Gasteiger charge is 2.23. The van der Waals surface area contributed by atoms with Gasteiger partial charge in [0.25, 0.3) is 5.56 Å². The molecule has 0 radical (unpaired) electrons. The zero-order valence-corrected chi connectivity index (χ0v) is 15.3. The van der Waals surface area contributed by atoms with E-state index in [0.29, 0.717) is 16.4 Å². The number of anilines is 1. The van der Waals surface area contributed by atoms with Crippen LogP contribution in [0.5, 0.6) is 5.75 Å². The van der Waals surface area contributed by atoms with Crippen molar-refractivity contribution in [2.24, 2.45) is 0 Å². The Hall–Kier alpha value is -2.93. The molecule has 0 amide bonds. The van der Waals surface area contributed by atoms with Crippen LogP contribution in [0.4, 0.5) is 10.1 Å². The van der Waals surface area contributed by atoms with Gasteiger partial charge < -0.3 is 10.1 Å². The summed E-state index contributed by atoms with van der Waals surface area (Å²) in [6, 6.07) is 8.85. The van der Waals surface area contributed by atoms with E-state index in [1.807, 2.05) is 12.1 Å². The Bertz CT molecular complexity index is 1240. The molecule has 27 heavy (non-hydrogen) atoms. The minimum Gasteiger partial charge on any atom is -0.494 e. The maximum absolute atomic E-state index is 14.1. The van der Waals surface area contributed by atoms with Gasteiger partial charge in [-0.1, -0.05) is 0 Å². The Balaban J connectivity index is 1.71. The smallest absolute Gasteiger partial charge is 0.273 e. The first-order valence-corrected chi connectivity index (χ1v) is 9.50. The molecule has 1 fully saturated rings. The maximum Gasteiger partial charge on any atom is 0.273 e. The summed E-state index contributed by atoms with van der Waals surface area (Å²) in [7, 11) is 1.41. The molecule has 7 heteroatoms. The van der Waals surface area contributed by atoms with Gasteiger partial charge in [-0.3, -0.25) is 9.36 Å². The number of ether oxygens (including phenoxy) is 1. The van der Waals surface area contributed by atoms with Crippen molar-refractivity contribution in [3.8, 4) is 11.4 Å². The van der Waals surface area contributed by atoms with Crippen molar-refractivity contribution >= 4 is 37.3 Å². The number of rotatable bonds is 4. The molecule has 0 saturated heterocycles. The molecule has 3 heterocycles. The van der Waals surface area contributed by atoms with Crippen LogP contribution in [0.15, 0.2) is 47.5 Å². The summed E-state index contributed by atoms with van der Waals surface area (Å²) in [6.07, 6.45) is 5.79. The number of nitrogens with zero attached hydrogens (tertiary/aromatic N) is 2. The third-order valence-electron chi connectivity index (χ3n) is 4.78. The van der Waals surface area contributed by atoms with E-state index in [1.165, 1.54) is 48.0 Å². The van der Waals surface area contributed by atoms with Crippen LogP contribution in [0, 0.1) is 5.82 Å². The Labute approximate surface area is 158 Å². The summed E-state index contributed by atoms with van der Waals surface area (Å²) in [5, 5.41) is 5.37. The summed E-state index contributed by atoms with van der Waals surface area (Å²) >= 11 is 1.37. The zero-order valence-electron chi connectivity index (χ0n) is 14.5. The van der Waals surface area contributed by atoms with E-state index in [2.05, 4.69) is 10.3 Å². The fourth-order valence-electron chi connectivity index (χ4n) is 3.27. The fraction of sp³-hybridized carbons (Fsp3) is 0.200. The number of benzene rings is 1. The highest BCUT2D eigenvalue weighted by atomic mass is 32.1. The van der Waals surface area contributed by atoms with Crippen molar-refractivity contribution in [3.05, 3.63) is 58.9 Å². The Morgan fingerprint density at radius 1 is 1.30 bits per heavy atom. The molecule has 5 nitrogen and oxygen atoms in total. The molecule has 1 aliphatic rings. The molecule has 3 aromatic heterocycles. The molecule has 136 valence electrons. The van der Waals surface area contributed by atoms with Gasteiger partial charge in [0.1, 0.15) is 9.53 Å². The minimum absolute atomic E-state index is 0.148. The molecule has 0 atom stereocenters. The number of halogens is 1. The van der Waals surface area contributed by atoms with Crippen LogP contribution in [0.3, 0.4) is 0 Å². The fourth-order valence-corrected chi connectivity index (χ4v) is 4.36. The number of pyridine rings is 2. The third kappa shape index (κ3) is 2.66. The molecule has 1 aliphatic carbocycles. The number of thiophene rings is 1. The lowest BCUT2D eigenvalue weighted by Crippen LogP contribution is -2.16. The maximum atomic E-state index is 14.1. The highest BCUT2D eigenvalue weighted by molar-refractivity contribution is 7.25. The van der Waals surface area contributed by atoms with E-state index < -0.39 is 5.82 Å². The van der Waals surface area contributed by atoms with Crippen LogP contribution >= 0.6 is 11.3 Å². The molecule has 0 bridgehead atoms. The topological polar surface area (TPSA) is 56.1 Å². The summed E-state index contributed by atoms with van der Waals surface area (Å²) in [5.74, 6) is -0.356. The van der Waals surface area contributed by atoms with Crippen LogP contribution in [0.2, 0.25) is 0 Å². The van der Waals surface area contributed by atoms with E-state index in [1.54, 1.807) is 18.5 Å². The van der Waals surface area contributed by atoms with Crippen molar-refractivity contribution < 1.29 is 9.13 Å². The number of hydrogen-bond acceptors (Lipinski definition) is 5. The molecule has 1 N–H and O–H groups in total. The molecular formula is C20H16FN3O2S. The van der Waals surface area contributed by atoms with E-state index >= 15 is 0 Å². The largest absolute Gasteiger partial charge is 0.494 e. The normalized spacial score (nSPS) is 14.0. The van der Waals surface area contributed by atoms with Gasteiger partial charge in [-0.05, 0) is 37.1 Å². The molecule has 4 aromatic rings. The summed E-state index contributed by atoms with van der Waals surface area (Å²) in [6.45, 7) is 0. The summed E-state index contributed by atoms with van der Waals surface area (Å²) in [5.41, 5.74) is 1.29. The van der Waals surface area contributed by atoms with Gasteiger partial charge >= 0.3 is 0 Å². The number of fused-ring (bicyclic) bond motifs is 3. The number of nitrogens with one attached hydrogen (secondary N) is 1. The van der Waals surface area contributed by atoms with E-state index in [9.17, 15) is 9.18 Å². The van der Waals surface area contributed by atoms with Gasteiger partial charge in [-0.2, -0.15) is 0 Å². The SMILES string of the molecule is COc1ccc(-n2ccc3c(sc4nccc(NC5CC5)c43)c2=O)cc1F. The first-order chi connectivity index (χ1) is 13.2. The van der Waals surface area contributed by atoms with Crippen LogP contribution < -0.4 is 15.6 Å². The summed E-state index contributed by atoms with van der Waals surface area (Å²) in [4.78, 5) is 18.3. The van der Waals surface area contributed by atoms with Crippen molar-refractivity contribution in [1.29, 1.82) is 0 Å². The van der Waals surface area contributed by atoms with Gasteiger partial charge in [0, 0.05) is 41.0 Å². The third-order valence-corrected chi connectivity index (χ3v) is 5.88. The van der Waals surface area contributed by atoms with Crippen LogP contribution in [-0.4, -0.2) is 22.7 Å². The van der Waals surface area contributed by atoms with Crippen molar-refractivity contribution in [2.75, 3.05) is 12.4 Å². The predicted molar refractivity (Wildman–Crippen MR) is 106 cm³/mol. The molecule has 5 rings (SSSR count). The predicted octanol–water partition coefficient (Wildman–Crippen LogP) is 4.32. The van der Waals surface area contributed by atoms with Gasteiger partial charge in [-0.15, -0.1) is 11.3 Å².